The molecule has 3 heteroatoms. The van der Waals surface area contributed by atoms with Crippen molar-refractivity contribution in [3.8, 4) is 0 Å². The van der Waals surface area contributed by atoms with Crippen molar-refractivity contribution in [2.75, 3.05) is 11.9 Å². The fourth-order valence-electron chi connectivity index (χ4n) is 1.93. The quantitative estimate of drug-likeness (QED) is 0.820. The van der Waals surface area contributed by atoms with Gasteiger partial charge in [0.2, 0.25) is 5.91 Å². The molecule has 0 unspecified atom stereocenters. The Labute approximate surface area is 103 Å². The van der Waals surface area contributed by atoms with Crippen LogP contribution in [0.3, 0.4) is 0 Å². The lowest BCUT2D eigenvalue weighted by Crippen LogP contribution is -2.41. The van der Waals surface area contributed by atoms with Crippen LogP contribution in [0.4, 0.5) is 5.69 Å². The largest absolute Gasteiger partial charge is 0.373 e. The second-order valence-corrected chi connectivity index (χ2v) is 5.84. The molecule has 1 heterocycles. The third kappa shape index (κ3) is 2.99. The molecule has 92 valence electrons. The van der Waals surface area contributed by atoms with Gasteiger partial charge in [-0.1, -0.05) is 39.0 Å². The summed E-state index contributed by atoms with van der Waals surface area (Å²) in [6.45, 7) is 7.05. The van der Waals surface area contributed by atoms with Gasteiger partial charge in [-0.25, -0.2) is 0 Å². The molecule has 1 atom stereocenters. The molecule has 0 radical (unpaired) electrons. The lowest BCUT2D eigenvalue weighted by molar-refractivity contribution is -0.122. The van der Waals surface area contributed by atoms with Gasteiger partial charge >= 0.3 is 0 Å². The highest BCUT2D eigenvalue weighted by atomic mass is 16.2. The van der Waals surface area contributed by atoms with E-state index < -0.39 is 0 Å². The first-order chi connectivity index (χ1) is 7.96. The van der Waals surface area contributed by atoms with Crippen LogP contribution in [0, 0.1) is 5.41 Å². The van der Waals surface area contributed by atoms with E-state index >= 15 is 0 Å². The number of para-hydroxylation sites is 1. The predicted octanol–water partition coefficient (Wildman–Crippen LogP) is 2.19. The maximum atomic E-state index is 12.0. The van der Waals surface area contributed by atoms with E-state index in [4.69, 9.17) is 0 Å². The van der Waals surface area contributed by atoms with Gasteiger partial charge in [-0.15, -0.1) is 0 Å². The number of carbonyl (C=O) groups is 1. The average molecular weight is 232 g/mol. The molecular weight excluding hydrogens is 212 g/mol. The monoisotopic (exact) mass is 232 g/mol. The Bertz CT molecular complexity index is 395. The van der Waals surface area contributed by atoms with Crippen molar-refractivity contribution < 1.29 is 4.79 Å². The molecule has 17 heavy (non-hydrogen) atoms. The van der Waals surface area contributed by atoms with Crippen LogP contribution in [-0.2, 0) is 11.2 Å². The van der Waals surface area contributed by atoms with Crippen LogP contribution in [0.5, 0.6) is 0 Å². The van der Waals surface area contributed by atoms with Gasteiger partial charge in [-0.3, -0.25) is 4.79 Å². The van der Waals surface area contributed by atoms with E-state index in [2.05, 4.69) is 37.5 Å². The van der Waals surface area contributed by atoms with Crippen LogP contribution in [0.15, 0.2) is 24.3 Å². The number of amides is 1. The summed E-state index contributed by atoms with van der Waals surface area (Å²) in [7, 11) is 0. The zero-order valence-corrected chi connectivity index (χ0v) is 10.7. The summed E-state index contributed by atoms with van der Waals surface area (Å²) in [4.78, 5) is 12.0. The molecule has 1 aliphatic rings. The lowest BCUT2D eigenvalue weighted by Gasteiger charge is -2.20. The Morgan fingerprint density at radius 3 is 2.76 bits per heavy atom. The Balaban J connectivity index is 1.92. The normalized spacial score (nSPS) is 18.4. The van der Waals surface area contributed by atoms with Gasteiger partial charge < -0.3 is 10.6 Å². The first-order valence-electron chi connectivity index (χ1n) is 6.08. The summed E-state index contributed by atoms with van der Waals surface area (Å²) in [6, 6.07) is 7.97. The molecule has 2 rings (SSSR count). The van der Waals surface area contributed by atoms with Crippen molar-refractivity contribution in [1.29, 1.82) is 0 Å². The van der Waals surface area contributed by atoms with Gasteiger partial charge in [0, 0.05) is 18.7 Å². The number of fused-ring (bicyclic) bond motifs is 1. The number of hydrogen-bond acceptors (Lipinski definition) is 2. The van der Waals surface area contributed by atoms with Crippen molar-refractivity contribution in [2.45, 2.75) is 33.2 Å². The van der Waals surface area contributed by atoms with Crippen LogP contribution in [0.2, 0.25) is 0 Å². The first kappa shape index (κ1) is 12.0. The molecule has 1 amide bonds. The van der Waals surface area contributed by atoms with Crippen molar-refractivity contribution in [3.05, 3.63) is 29.8 Å². The topological polar surface area (TPSA) is 41.1 Å². The second kappa shape index (κ2) is 4.40. The summed E-state index contributed by atoms with van der Waals surface area (Å²) in [5.41, 5.74) is 2.44. The Kier molecular flexibility index (Phi) is 3.09. The van der Waals surface area contributed by atoms with Crippen LogP contribution < -0.4 is 10.6 Å². The highest BCUT2D eigenvalue weighted by molar-refractivity contribution is 5.87. The van der Waals surface area contributed by atoms with E-state index in [0.29, 0.717) is 6.54 Å². The molecule has 0 aromatic heterocycles. The van der Waals surface area contributed by atoms with E-state index in [1.807, 2.05) is 18.2 Å². The minimum Gasteiger partial charge on any atom is -0.373 e. The second-order valence-electron chi connectivity index (χ2n) is 5.84. The minimum absolute atomic E-state index is 0.0936. The van der Waals surface area contributed by atoms with Gasteiger partial charge in [0.15, 0.2) is 0 Å². The van der Waals surface area contributed by atoms with Crippen molar-refractivity contribution in [3.63, 3.8) is 0 Å². The molecule has 0 saturated heterocycles. The fourth-order valence-corrected chi connectivity index (χ4v) is 1.93. The molecule has 1 aromatic carbocycles. The third-order valence-electron chi connectivity index (χ3n) is 2.88. The minimum atomic E-state index is -0.116. The molecule has 0 aliphatic carbocycles. The van der Waals surface area contributed by atoms with E-state index in [-0.39, 0.29) is 17.4 Å². The number of anilines is 1. The van der Waals surface area contributed by atoms with E-state index in [1.54, 1.807) is 0 Å². The standard InChI is InChI=1S/C14H20N2O/c1-14(2,3)9-15-13(17)12-8-10-6-4-5-7-11(10)16-12/h4-7,12,16H,8-9H2,1-3H3,(H,15,17)/t12-/m0/s1. The zero-order valence-electron chi connectivity index (χ0n) is 10.7. The van der Waals surface area contributed by atoms with Gasteiger partial charge in [0.25, 0.3) is 0 Å². The van der Waals surface area contributed by atoms with Gasteiger partial charge in [-0.05, 0) is 17.0 Å². The van der Waals surface area contributed by atoms with E-state index in [9.17, 15) is 4.79 Å². The molecular formula is C14H20N2O. The van der Waals surface area contributed by atoms with Crippen LogP contribution >= 0.6 is 0 Å². The number of hydrogen-bond donors (Lipinski definition) is 2. The highest BCUT2D eigenvalue weighted by Crippen LogP contribution is 2.25. The lowest BCUT2D eigenvalue weighted by atomic mass is 9.97. The molecule has 1 aliphatic heterocycles. The first-order valence-corrected chi connectivity index (χ1v) is 6.08. The highest BCUT2D eigenvalue weighted by Gasteiger charge is 2.26. The van der Waals surface area contributed by atoms with Crippen LogP contribution in [-0.4, -0.2) is 18.5 Å². The fraction of sp³-hybridized carbons (Fsp3) is 0.500. The summed E-state index contributed by atoms with van der Waals surface area (Å²) >= 11 is 0. The summed E-state index contributed by atoms with van der Waals surface area (Å²) in [5.74, 6) is 0.0936. The maximum absolute atomic E-state index is 12.0. The van der Waals surface area contributed by atoms with E-state index in [0.717, 1.165) is 12.1 Å². The number of benzene rings is 1. The SMILES string of the molecule is CC(C)(C)CNC(=O)[C@@H]1Cc2ccccc2N1. The van der Waals surface area contributed by atoms with Crippen LogP contribution in [0.25, 0.3) is 0 Å². The smallest absolute Gasteiger partial charge is 0.242 e. The maximum Gasteiger partial charge on any atom is 0.242 e. The van der Waals surface area contributed by atoms with Crippen molar-refractivity contribution in [2.24, 2.45) is 5.41 Å². The zero-order chi connectivity index (χ0) is 12.5. The number of nitrogens with one attached hydrogen (secondary N) is 2. The Morgan fingerprint density at radius 1 is 1.41 bits per heavy atom. The molecule has 0 bridgehead atoms. The van der Waals surface area contributed by atoms with Crippen molar-refractivity contribution >= 4 is 11.6 Å². The Hall–Kier alpha value is -1.51. The van der Waals surface area contributed by atoms with Crippen LogP contribution in [0.1, 0.15) is 26.3 Å². The van der Waals surface area contributed by atoms with Crippen molar-refractivity contribution in [1.82, 2.24) is 5.32 Å². The molecule has 0 fully saturated rings. The summed E-state index contributed by atoms with van der Waals surface area (Å²) in [6.07, 6.45) is 0.784. The molecule has 3 nitrogen and oxygen atoms in total. The van der Waals surface area contributed by atoms with Gasteiger partial charge in [-0.2, -0.15) is 0 Å². The molecule has 1 aromatic rings. The third-order valence-corrected chi connectivity index (χ3v) is 2.88. The van der Waals surface area contributed by atoms with Gasteiger partial charge in [0.1, 0.15) is 6.04 Å². The van der Waals surface area contributed by atoms with Gasteiger partial charge in [0.05, 0.1) is 0 Å². The molecule has 0 spiro atoms. The summed E-state index contributed by atoms with van der Waals surface area (Å²) < 4.78 is 0. The predicted molar refractivity (Wildman–Crippen MR) is 70.0 cm³/mol. The number of carbonyl (C=O) groups excluding carboxylic acids is 1. The Morgan fingerprint density at radius 2 is 2.12 bits per heavy atom. The molecule has 0 saturated carbocycles. The van der Waals surface area contributed by atoms with E-state index in [1.165, 1.54) is 5.56 Å². The molecule has 2 N–H and O–H groups in total. The summed E-state index contributed by atoms with van der Waals surface area (Å²) in [5, 5.41) is 6.26. The average Bonchev–Trinajstić information content (AvgIpc) is 2.68. The number of rotatable bonds is 2.